The standard InChI is InChI=1S/C76H89N13O15S/c1-42(2)36-58-73(100)89-65(43(3)4)74(101)88-60(38-46-20-10-7-11-21-46)72(99)87-59(37-45-18-8-6-9-19-45)71(98)81-44(5)66(93)83-57(31-32-63(77)92)70(97)85-55(68(95)84-56(69(96)86-58)23-13-16-34-79-67(94)54-22-12-15-33-78-54)24-14-17-35-80-76(105)82-47-25-28-50(53(39-47)75(102)103)64-51-29-26-48(90)40-61(51)104-62-41-49(91)27-30-52(62)64/h6-12,15,18-22,25-30,33,39-44,55-60,65,90H,13-14,16-17,23-24,31-32,34-38H2,1-5H3,(H2,77,92)(H,79,94)(H,81,98)(H,83,93)(H,84,95)(H,85,97)(H,86,96)(H,87,99)(H,88,101)(H,89,100)(H,102,103)(H2,80,82,105)/t44-,55-,56-,57-,58-,59-,60+,65-/m0/s1. The van der Waals surface area contributed by atoms with Crippen LogP contribution >= 0.6 is 12.2 Å². The molecule has 0 bridgehead atoms. The molecular formula is C76H89N13O15S. The lowest BCUT2D eigenvalue weighted by Gasteiger charge is -2.30. The van der Waals surface area contributed by atoms with E-state index in [-0.39, 0.29) is 127 Å². The second-order valence-corrected chi connectivity index (χ2v) is 27.0. The van der Waals surface area contributed by atoms with E-state index >= 15 is 4.79 Å². The number of aromatic hydroxyl groups is 1. The average Bonchev–Trinajstić information content (AvgIpc) is 0.748. The number of thiocarbonyl (C=S) groups is 1. The number of hydrogen-bond acceptors (Lipinski definition) is 16. The van der Waals surface area contributed by atoms with Crippen LogP contribution in [-0.4, -0.2) is 147 Å². The molecule has 28 nitrogen and oxygen atoms in total. The molecule has 1 aromatic heterocycles. The molecule has 8 atom stereocenters. The van der Waals surface area contributed by atoms with Crippen molar-refractivity contribution in [2.45, 2.75) is 154 Å². The Morgan fingerprint density at radius 2 is 1.10 bits per heavy atom. The number of amides is 10. The van der Waals surface area contributed by atoms with Crippen molar-refractivity contribution >= 4 is 99.0 Å². The number of phenols is 1. The molecule has 0 spiro atoms. The molecular weight excluding hydrogens is 1370 g/mol. The number of carbonyl (C=O) groups is 11. The van der Waals surface area contributed by atoms with Crippen molar-refractivity contribution in [3.8, 4) is 28.2 Å². The highest BCUT2D eigenvalue weighted by Gasteiger charge is 2.37. The van der Waals surface area contributed by atoms with Crippen LogP contribution in [0, 0.1) is 11.8 Å². The number of pyridine rings is 1. The fraction of sp³-hybridized carbons (Fsp3) is 0.368. The lowest BCUT2D eigenvalue weighted by molar-refractivity contribution is -0.137. The van der Waals surface area contributed by atoms with E-state index in [1.165, 1.54) is 55.6 Å². The van der Waals surface area contributed by atoms with Crippen molar-refractivity contribution in [3.63, 3.8) is 0 Å². The van der Waals surface area contributed by atoms with E-state index in [1.54, 1.807) is 105 Å². The topological polar surface area (TPSA) is 430 Å². The molecule has 15 N–H and O–H groups in total. The largest absolute Gasteiger partial charge is 0.508 e. The molecule has 554 valence electrons. The molecule has 10 amide bonds. The summed E-state index contributed by atoms with van der Waals surface area (Å²) in [6.45, 7) is 8.57. The number of unbranched alkanes of at least 4 members (excludes halogenated alkanes) is 2. The van der Waals surface area contributed by atoms with E-state index in [9.17, 15) is 63.0 Å². The maximum Gasteiger partial charge on any atom is 0.336 e. The van der Waals surface area contributed by atoms with Crippen molar-refractivity contribution in [3.05, 3.63) is 172 Å². The van der Waals surface area contributed by atoms with Crippen molar-refractivity contribution in [1.29, 1.82) is 0 Å². The molecule has 0 saturated carbocycles. The molecule has 3 aliphatic rings. The fourth-order valence-corrected chi connectivity index (χ4v) is 12.2. The predicted molar refractivity (Wildman–Crippen MR) is 396 cm³/mol. The van der Waals surface area contributed by atoms with Crippen LogP contribution in [0.2, 0.25) is 0 Å². The van der Waals surface area contributed by atoms with Crippen LogP contribution in [0.3, 0.4) is 0 Å². The first-order valence-corrected chi connectivity index (χ1v) is 35.2. The van der Waals surface area contributed by atoms with Crippen LogP contribution < -0.4 is 69.6 Å². The van der Waals surface area contributed by atoms with Gasteiger partial charge in [-0.25, -0.2) is 4.79 Å². The minimum atomic E-state index is -1.58. The third-order valence-corrected chi connectivity index (χ3v) is 17.8. The summed E-state index contributed by atoms with van der Waals surface area (Å²) in [7, 11) is 0. The van der Waals surface area contributed by atoms with E-state index in [4.69, 9.17) is 22.4 Å². The quantitative estimate of drug-likeness (QED) is 0.0220. The van der Waals surface area contributed by atoms with E-state index < -0.39 is 132 Å². The third-order valence-electron chi connectivity index (χ3n) is 17.5. The van der Waals surface area contributed by atoms with Gasteiger partial charge in [-0.3, -0.25) is 57.7 Å². The Balaban J connectivity index is 1.08. The van der Waals surface area contributed by atoms with Crippen molar-refractivity contribution < 1.29 is 67.4 Å². The molecule has 2 aliphatic heterocycles. The average molecular weight is 1460 g/mol. The third kappa shape index (κ3) is 23.2. The zero-order chi connectivity index (χ0) is 75.9. The Kier molecular flexibility index (Phi) is 28.7. The number of phenolic OH excluding ortho intramolecular Hbond substituents is 1. The number of nitrogens with two attached hydrogens (primary N) is 1. The number of hydrogen-bond donors (Lipinski definition) is 14. The number of benzene rings is 5. The molecule has 1 aliphatic carbocycles. The first-order chi connectivity index (χ1) is 50.2. The summed E-state index contributed by atoms with van der Waals surface area (Å²) in [6.07, 6.45) is 1.18. The van der Waals surface area contributed by atoms with Crippen LogP contribution in [0.1, 0.15) is 124 Å². The molecule has 4 aromatic carbocycles. The normalized spacial score (nSPS) is 19.7. The zero-order valence-electron chi connectivity index (χ0n) is 58.9. The van der Waals surface area contributed by atoms with Gasteiger partial charge in [-0.1, -0.05) is 100 Å². The van der Waals surface area contributed by atoms with E-state index in [1.807, 2.05) is 13.8 Å². The highest BCUT2D eigenvalue weighted by Crippen LogP contribution is 2.42. The molecule has 5 aromatic rings. The number of carboxylic acid groups (broad SMARTS) is 1. The minimum absolute atomic E-state index is 0.0339. The summed E-state index contributed by atoms with van der Waals surface area (Å²) < 4.78 is 5.97. The zero-order valence-corrected chi connectivity index (χ0v) is 59.7. The Bertz CT molecular complexity index is 4310. The maximum atomic E-state index is 15.1. The summed E-state index contributed by atoms with van der Waals surface area (Å²) in [5, 5.41) is 52.2. The number of rotatable bonds is 24. The van der Waals surface area contributed by atoms with Gasteiger partial charge in [0.05, 0.1) is 5.56 Å². The lowest BCUT2D eigenvalue weighted by Crippen LogP contribution is -2.62. The Hall–Kier alpha value is -11.6. The molecule has 1 fully saturated rings. The van der Waals surface area contributed by atoms with Gasteiger partial charge in [-0.2, -0.15) is 0 Å². The molecule has 3 heterocycles. The van der Waals surface area contributed by atoms with Crippen molar-refractivity contribution in [1.82, 2.24) is 58.2 Å². The summed E-state index contributed by atoms with van der Waals surface area (Å²) >= 11 is 5.65. The molecule has 29 heteroatoms. The fourth-order valence-electron chi connectivity index (χ4n) is 12.0. The van der Waals surface area contributed by atoms with Gasteiger partial charge in [-0.05, 0) is 148 Å². The maximum absolute atomic E-state index is 15.1. The van der Waals surface area contributed by atoms with Crippen molar-refractivity contribution in [2.75, 3.05) is 18.4 Å². The molecule has 8 rings (SSSR count). The van der Waals surface area contributed by atoms with Gasteiger partial charge in [0.1, 0.15) is 71.1 Å². The number of fused-ring (bicyclic) bond motifs is 2. The highest BCUT2D eigenvalue weighted by atomic mass is 32.1. The number of aromatic nitrogens is 1. The number of carbonyl (C=O) groups excluding carboxylic acids is 10. The van der Waals surface area contributed by atoms with Gasteiger partial charge >= 0.3 is 5.97 Å². The summed E-state index contributed by atoms with van der Waals surface area (Å²) in [6, 6.07) is 24.0. The van der Waals surface area contributed by atoms with E-state index in [0.29, 0.717) is 27.6 Å². The van der Waals surface area contributed by atoms with Gasteiger partial charge in [0.15, 0.2) is 10.5 Å². The minimum Gasteiger partial charge on any atom is -0.508 e. The monoisotopic (exact) mass is 1460 g/mol. The molecule has 0 unspecified atom stereocenters. The summed E-state index contributed by atoms with van der Waals surface area (Å²) in [5.41, 5.74) is 8.14. The second-order valence-electron chi connectivity index (χ2n) is 26.6. The van der Waals surface area contributed by atoms with Crippen LogP contribution in [0.4, 0.5) is 5.69 Å². The predicted octanol–water partition coefficient (Wildman–Crippen LogP) is 4.79. The first kappa shape index (κ1) is 79.1. The number of aromatic carboxylic acids is 1. The summed E-state index contributed by atoms with van der Waals surface area (Å²) in [4.78, 5) is 173. The SMILES string of the molecule is CC(C)C[C@@H]1NC(=O)[C@H](CCCCNC(=O)c2ccccn2)NC(=O)[C@H](CCCCNC(=S)Nc2ccc(-c3c4ccc(=O)cc-4oc4cc(O)ccc34)c(C(=O)O)c2)NC(=O)[C@H](CCC(N)=O)NC(=O)[C@H](C)NC(=O)[C@H](Cc2ccccc2)NC(=O)[C@@H](Cc2ccccc2)NC(=O)[C@H](C(C)C)NC1=O. The number of primary amides is 1. The molecule has 0 radical (unpaired) electrons. The number of carboxylic acids is 1. The number of nitrogens with one attached hydrogen (secondary N) is 11. The Morgan fingerprint density at radius 3 is 1.68 bits per heavy atom. The van der Waals surface area contributed by atoms with Gasteiger partial charge in [-0.15, -0.1) is 0 Å². The molecule has 1 saturated heterocycles. The van der Waals surface area contributed by atoms with Crippen LogP contribution in [0.15, 0.2) is 149 Å². The van der Waals surface area contributed by atoms with Gasteiger partial charge in [0.25, 0.3) is 5.91 Å². The Morgan fingerprint density at radius 1 is 0.562 bits per heavy atom. The highest BCUT2D eigenvalue weighted by molar-refractivity contribution is 7.80. The lowest BCUT2D eigenvalue weighted by atomic mass is 9.90. The van der Waals surface area contributed by atoms with Crippen LogP contribution in [0.25, 0.3) is 33.4 Å². The molecule has 105 heavy (non-hydrogen) atoms. The Labute approximate surface area is 611 Å². The van der Waals surface area contributed by atoms with Gasteiger partial charge in [0.2, 0.25) is 53.2 Å². The smallest absolute Gasteiger partial charge is 0.336 e. The van der Waals surface area contributed by atoms with E-state index in [0.717, 1.165) is 0 Å². The van der Waals surface area contributed by atoms with Crippen LogP contribution in [0.5, 0.6) is 5.75 Å². The number of anilines is 1. The van der Waals surface area contributed by atoms with Gasteiger partial charge < -0.3 is 78.8 Å². The van der Waals surface area contributed by atoms with Crippen molar-refractivity contribution in [2.24, 2.45) is 17.6 Å². The summed E-state index contributed by atoms with van der Waals surface area (Å²) in [5.74, 6) is -10.2. The first-order valence-electron chi connectivity index (χ1n) is 34.8. The number of nitrogens with zero attached hydrogens (tertiary/aromatic N) is 1. The second kappa shape index (κ2) is 38.1. The van der Waals surface area contributed by atoms with E-state index in [2.05, 4.69) is 63.5 Å². The van der Waals surface area contributed by atoms with Gasteiger partial charge in [0, 0.05) is 72.9 Å². The van der Waals surface area contributed by atoms with Crippen LogP contribution in [-0.2, 0) is 56.0 Å².